The van der Waals surface area contributed by atoms with Crippen LogP contribution in [0.25, 0.3) is 0 Å². The van der Waals surface area contributed by atoms with E-state index in [0.29, 0.717) is 0 Å². The van der Waals surface area contributed by atoms with Crippen molar-refractivity contribution in [2.24, 2.45) is 5.73 Å². The molecule has 2 atom stereocenters. The number of nitrogens with zero attached hydrogens (tertiary/aromatic N) is 3. The van der Waals surface area contributed by atoms with Crippen molar-refractivity contribution in [3.8, 4) is 5.75 Å². The molecule has 2 N–H and O–H groups in total. The van der Waals surface area contributed by atoms with Gasteiger partial charge in [-0.2, -0.15) is 5.10 Å². The topological polar surface area (TPSA) is 56.3 Å². The monoisotopic (exact) mass is 294 g/mol. The summed E-state index contributed by atoms with van der Waals surface area (Å²) in [4.78, 5) is 2.54. The predicted molar refractivity (Wildman–Crippen MR) is 85.6 cm³/mol. The summed E-state index contributed by atoms with van der Waals surface area (Å²) in [5.74, 6) is 0.801. The Bertz CT molecular complexity index is 465. The molecular formula is C16H30N4O. The Hall–Kier alpha value is -1.07. The third-order valence-electron chi connectivity index (χ3n) is 5.02. The van der Waals surface area contributed by atoms with Gasteiger partial charge in [0.25, 0.3) is 0 Å². The molecule has 0 bridgehead atoms. The smallest absolute Gasteiger partial charge is 0.161 e. The minimum Gasteiger partial charge on any atom is -0.493 e. The van der Waals surface area contributed by atoms with E-state index in [1.54, 1.807) is 13.3 Å². The minimum atomic E-state index is -0.111. The molecule has 1 saturated heterocycles. The minimum absolute atomic E-state index is 0.0591. The Morgan fingerprint density at radius 3 is 2.48 bits per heavy atom. The second-order valence-corrected chi connectivity index (χ2v) is 6.52. The van der Waals surface area contributed by atoms with E-state index < -0.39 is 0 Å². The fraction of sp³-hybridized carbons (Fsp3) is 0.812. The zero-order chi connectivity index (χ0) is 15.6. The van der Waals surface area contributed by atoms with Gasteiger partial charge in [0, 0.05) is 11.6 Å². The van der Waals surface area contributed by atoms with E-state index in [9.17, 15) is 0 Å². The second-order valence-electron chi connectivity index (χ2n) is 6.52. The van der Waals surface area contributed by atoms with Crippen molar-refractivity contribution in [1.82, 2.24) is 14.7 Å². The van der Waals surface area contributed by atoms with Gasteiger partial charge >= 0.3 is 0 Å². The molecule has 0 radical (unpaired) electrons. The molecule has 0 saturated carbocycles. The highest BCUT2D eigenvalue weighted by Gasteiger charge is 2.41. The summed E-state index contributed by atoms with van der Waals surface area (Å²) in [6.45, 7) is 11.0. The highest BCUT2D eigenvalue weighted by Crippen LogP contribution is 2.39. The van der Waals surface area contributed by atoms with E-state index in [4.69, 9.17) is 10.5 Å². The maximum Gasteiger partial charge on any atom is 0.161 e. The number of methoxy groups -OCH3 is 1. The van der Waals surface area contributed by atoms with E-state index in [1.807, 2.05) is 4.68 Å². The average molecular weight is 294 g/mol. The van der Waals surface area contributed by atoms with Gasteiger partial charge < -0.3 is 10.5 Å². The third kappa shape index (κ3) is 2.81. The van der Waals surface area contributed by atoms with Crippen LogP contribution in [0.15, 0.2) is 6.20 Å². The quantitative estimate of drug-likeness (QED) is 0.876. The van der Waals surface area contributed by atoms with E-state index in [0.717, 1.165) is 31.0 Å². The third-order valence-corrected chi connectivity index (χ3v) is 5.02. The number of ether oxygens (including phenoxy) is 1. The van der Waals surface area contributed by atoms with Gasteiger partial charge in [0.2, 0.25) is 0 Å². The molecule has 0 spiro atoms. The number of rotatable bonds is 6. The van der Waals surface area contributed by atoms with Crippen molar-refractivity contribution in [3.05, 3.63) is 11.9 Å². The molecule has 5 nitrogen and oxygen atoms in total. The largest absolute Gasteiger partial charge is 0.493 e. The number of nitrogens with two attached hydrogens (primary N) is 1. The maximum absolute atomic E-state index is 6.74. The van der Waals surface area contributed by atoms with Crippen molar-refractivity contribution in [2.75, 3.05) is 20.2 Å². The zero-order valence-electron chi connectivity index (χ0n) is 14.1. The number of aromatic nitrogens is 2. The Morgan fingerprint density at radius 2 is 2.00 bits per heavy atom. The van der Waals surface area contributed by atoms with E-state index in [1.165, 1.54) is 12.8 Å². The molecule has 2 unspecified atom stereocenters. The van der Waals surface area contributed by atoms with Crippen LogP contribution in [0.4, 0.5) is 0 Å². The molecule has 1 aliphatic rings. The van der Waals surface area contributed by atoms with Crippen LogP contribution in [0.2, 0.25) is 0 Å². The van der Waals surface area contributed by atoms with Gasteiger partial charge in [-0.15, -0.1) is 0 Å². The number of hydrogen-bond donors (Lipinski definition) is 1. The number of likely N-dealkylation sites (tertiary alicyclic amines) is 1. The molecule has 1 aliphatic heterocycles. The predicted octanol–water partition coefficient (Wildman–Crippen LogP) is 2.74. The molecule has 1 fully saturated rings. The van der Waals surface area contributed by atoms with E-state index in [2.05, 4.69) is 37.7 Å². The lowest BCUT2D eigenvalue weighted by Crippen LogP contribution is -2.52. The van der Waals surface area contributed by atoms with Gasteiger partial charge in [-0.25, -0.2) is 0 Å². The first-order valence-electron chi connectivity index (χ1n) is 8.07. The maximum atomic E-state index is 6.74. The first-order valence-corrected chi connectivity index (χ1v) is 8.07. The van der Waals surface area contributed by atoms with Crippen molar-refractivity contribution in [1.29, 1.82) is 0 Å². The van der Waals surface area contributed by atoms with Crippen LogP contribution >= 0.6 is 0 Å². The van der Waals surface area contributed by atoms with Gasteiger partial charge in [0.15, 0.2) is 5.75 Å². The first-order chi connectivity index (χ1) is 9.95. The lowest BCUT2D eigenvalue weighted by molar-refractivity contribution is 0.0948. The van der Waals surface area contributed by atoms with Crippen LogP contribution in [0.5, 0.6) is 5.75 Å². The average Bonchev–Trinajstić information content (AvgIpc) is 3.14. The molecule has 2 heterocycles. The van der Waals surface area contributed by atoms with Crippen molar-refractivity contribution in [2.45, 2.75) is 64.6 Å². The normalized spacial score (nSPS) is 20.7. The molecule has 21 heavy (non-hydrogen) atoms. The zero-order valence-corrected chi connectivity index (χ0v) is 14.1. The molecule has 1 aromatic rings. The van der Waals surface area contributed by atoms with Crippen molar-refractivity contribution >= 4 is 0 Å². The lowest BCUT2D eigenvalue weighted by Gasteiger charge is -2.43. The van der Waals surface area contributed by atoms with Gasteiger partial charge in [-0.3, -0.25) is 9.58 Å². The Balaban J connectivity index is 2.41. The summed E-state index contributed by atoms with van der Waals surface area (Å²) < 4.78 is 7.53. The Labute approximate surface area is 128 Å². The van der Waals surface area contributed by atoms with Crippen molar-refractivity contribution in [3.63, 3.8) is 0 Å². The summed E-state index contributed by atoms with van der Waals surface area (Å²) in [6.07, 6.45) is 5.33. The summed E-state index contributed by atoms with van der Waals surface area (Å²) in [6, 6.07) is 0.162. The SMILES string of the molecule is CCC(C)(C(N)c1c(OC)cnn1C(C)C)N1CCCC1. The van der Waals surface area contributed by atoms with Crippen molar-refractivity contribution < 1.29 is 4.74 Å². The molecule has 0 aromatic carbocycles. The summed E-state index contributed by atoms with van der Waals surface area (Å²) >= 11 is 0. The van der Waals surface area contributed by atoms with Gasteiger partial charge in [-0.05, 0) is 53.1 Å². The van der Waals surface area contributed by atoms with Crippen LogP contribution in [-0.4, -0.2) is 40.4 Å². The second kappa shape index (κ2) is 6.36. The summed E-state index contributed by atoms with van der Waals surface area (Å²) in [7, 11) is 1.69. The standard InChI is InChI=1S/C16H30N4O/c1-6-16(4,19-9-7-8-10-19)15(17)14-13(21-5)11-18-20(14)12(2)3/h11-12,15H,6-10,17H2,1-5H3. The highest BCUT2D eigenvalue weighted by atomic mass is 16.5. The molecule has 1 aromatic heterocycles. The van der Waals surface area contributed by atoms with Gasteiger partial charge in [0.1, 0.15) is 0 Å². The Morgan fingerprint density at radius 1 is 1.38 bits per heavy atom. The molecule has 2 rings (SSSR count). The van der Waals surface area contributed by atoms with Crippen LogP contribution in [0, 0.1) is 0 Å². The van der Waals surface area contributed by atoms with Crippen LogP contribution < -0.4 is 10.5 Å². The van der Waals surface area contributed by atoms with E-state index >= 15 is 0 Å². The fourth-order valence-corrected chi connectivity index (χ4v) is 3.38. The summed E-state index contributed by atoms with van der Waals surface area (Å²) in [5.41, 5.74) is 7.70. The van der Waals surface area contributed by atoms with Crippen LogP contribution in [0.3, 0.4) is 0 Å². The molecule has 5 heteroatoms. The molecule has 0 aliphatic carbocycles. The molecular weight excluding hydrogens is 264 g/mol. The number of hydrogen-bond acceptors (Lipinski definition) is 4. The Kier molecular flexibility index (Phi) is 4.94. The van der Waals surface area contributed by atoms with Crippen LogP contribution in [0.1, 0.15) is 64.7 Å². The van der Waals surface area contributed by atoms with Gasteiger partial charge in [-0.1, -0.05) is 6.92 Å². The molecule has 0 amide bonds. The van der Waals surface area contributed by atoms with Gasteiger partial charge in [0.05, 0.1) is 25.0 Å². The highest BCUT2D eigenvalue weighted by molar-refractivity contribution is 5.31. The first kappa shape index (κ1) is 16.3. The summed E-state index contributed by atoms with van der Waals surface area (Å²) in [5, 5.41) is 4.48. The van der Waals surface area contributed by atoms with E-state index in [-0.39, 0.29) is 17.6 Å². The van der Waals surface area contributed by atoms with Crippen LogP contribution in [-0.2, 0) is 0 Å². The fourth-order valence-electron chi connectivity index (χ4n) is 3.38. The lowest BCUT2D eigenvalue weighted by atomic mass is 9.85. The molecule has 120 valence electrons.